The van der Waals surface area contributed by atoms with Gasteiger partial charge in [0.2, 0.25) is 0 Å². The molecular formula is C11H13F3N2O3. The Balaban J connectivity index is 2.87. The van der Waals surface area contributed by atoms with Crippen LogP contribution in [0.1, 0.15) is 6.42 Å². The van der Waals surface area contributed by atoms with Crippen LogP contribution in [0.3, 0.4) is 0 Å². The number of rotatable bonds is 5. The number of benzene rings is 1. The molecule has 0 atom stereocenters. The number of hydrogen-bond acceptors (Lipinski definition) is 4. The second-order valence-corrected chi connectivity index (χ2v) is 3.90. The highest BCUT2D eigenvalue weighted by Gasteiger charge is 2.27. The van der Waals surface area contributed by atoms with Crippen molar-refractivity contribution < 1.29 is 22.8 Å². The van der Waals surface area contributed by atoms with Gasteiger partial charge in [0.25, 0.3) is 0 Å². The fourth-order valence-electron chi connectivity index (χ4n) is 1.48. The lowest BCUT2D eigenvalue weighted by Crippen LogP contribution is -2.24. The standard InChI is InChI=1S/C11H13F3N2O3/c1-15(6-5-11(12,13)14)8-3-4-9(16(17)18)10(7-8)19-2/h3-4,7H,5-6H2,1-2H3. The van der Waals surface area contributed by atoms with Gasteiger partial charge in [0.05, 0.1) is 18.5 Å². The molecule has 0 aliphatic rings. The first-order valence-electron chi connectivity index (χ1n) is 5.35. The molecule has 1 rings (SSSR count). The van der Waals surface area contributed by atoms with E-state index in [0.29, 0.717) is 5.69 Å². The summed E-state index contributed by atoms with van der Waals surface area (Å²) >= 11 is 0. The largest absolute Gasteiger partial charge is 0.490 e. The van der Waals surface area contributed by atoms with E-state index in [4.69, 9.17) is 4.74 Å². The van der Waals surface area contributed by atoms with Gasteiger partial charge in [-0.3, -0.25) is 10.1 Å². The van der Waals surface area contributed by atoms with E-state index in [1.54, 1.807) is 0 Å². The first-order chi connectivity index (χ1) is 8.74. The Morgan fingerprint density at radius 3 is 2.53 bits per heavy atom. The maximum Gasteiger partial charge on any atom is 0.390 e. The average Bonchev–Trinajstić information content (AvgIpc) is 2.34. The Hall–Kier alpha value is -1.99. The number of methoxy groups -OCH3 is 1. The molecule has 8 heteroatoms. The monoisotopic (exact) mass is 278 g/mol. The van der Waals surface area contributed by atoms with E-state index in [2.05, 4.69) is 0 Å². The summed E-state index contributed by atoms with van der Waals surface area (Å²) < 4.78 is 41.2. The summed E-state index contributed by atoms with van der Waals surface area (Å²) in [5.41, 5.74) is 0.196. The van der Waals surface area contributed by atoms with E-state index >= 15 is 0 Å². The van der Waals surface area contributed by atoms with Crippen LogP contribution in [0.15, 0.2) is 18.2 Å². The quantitative estimate of drug-likeness (QED) is 0.613. The van der Waals surface area contributed by atoms with Crippen molar-refractivity contribution >= 4 is 11.4 Å². The van der Waals surface area contributed by atoms with E-state index in [1.165, 1.54) is 37.3 Å². The van der Waals surface area contributed by atoms with Crippen LogP contribution in [-0.2, 0) is 0 Å². The minimum atomic E-state index is -4.24. The van der Waals surface area contributed by atoms with Crippen molar-refractivity contribution in [3.05, 3.63) is 28.3 Å². The predicted molar refractivity (Wildman–Crippen MR) is 63.6 cm³/mol. The molecule has 0 spiro atoms. The van der Waals surface area contributed by atoms with Crippen LogP contribution in [0.2, 0.25) is 0 Å². The second-order valence-electron chi connectivity index (χ2n) is 3.90. The van der Waals surface area contributed by atoms with Crippen molar-refractivity contribution in [2.75, 3.05) is 25.6 Å². The molecule has 0 aliphatic carbocycles. The van der Waals surface area contributed by atoms with E-state index in [0.717, 1.165) is 0 Å². The van der Waals surface area contributed by atoms with Crippen LogP contribution in [0.4, 0.5) is 24.5 Å². The summed E-state index contributed by atoms with van der Waals surface area (Å²) in [5, 5.41) is 10.7. The number of hydrogen-bond donors (Lipinski definition) is 0. The maximum absolute atomic E-state index is 12.1. The van der Waals surface area contributed by atoms with E-state index in [1.807, 2.05) is 0 Å². The van der Waals surface area contributed by atoms with Gasteiger partial charge in [0, 0.05) is 31.4 Å². The molecule has 0 radical (unpaired) electrons. The number of anilines is 1. The number of nitrogens with zero attached hydrogens (tertiary/aromatic N) is 2. The van der Waals surface area contributed by atoms with E-state index in [9.17, 15) is 23.3 Å². The Morgan fingerprint density at radius 2 is 2.05 bits per heavy atom. The first kappa shape index (κ1) is 15.1. The Labute approximate surface area is 107 Å². The zero-order chi connectivity index (χ0) is 14.6. The highest BCUT2D eigenvalue weighted by Crippen LogP contribution is 2.31. The molecule has 1 aromatic rings. The molecule has 1 aromatic carbocycles. The van der Waals surface area contributed by atoms with Gasteiger partial charge in [-0.05, 0) is 6.07 Å². The summed E-state index contributed by atoms with van der Waals surface area (Å²) in [4.78, 5) is 11.4. The number of halogens is 3. The minimum absolute atomic E-state index is 0.0151. The third-order valence-corrected chi connectivity index (χ3v) is 2.53. The SMILES string of the molecule is COc1cc(N(C)CCC(F)(F)F)ccc1[N+](=O)[O-]. The highest BCUT2D eigenvalue weighted by molar-refractivity contribution is 5.58. The van der Waals surface area contributed by atoms with Gasteiger partial charge in [0.15, 0.2) is 5.75 Å². The molecule has 0 aliphatic heterocycles. The number of nitro groups is 1. The zero-order valence-electron chi connectivity index (χ0n) is 10.4. The first-order valence-corrected chi connectivity index (χ1v) is 5.35. The van der Waals surface area contributed by atoms with Gasteiger partial charge in [-0.15, -0.1) is 0 Å². The fourth-order valence-corrected chi connectivity index (χ4v) is 1.48. The van der Waals surface area contributed by atoms with Gasteiger partial charge in [-0.25, -0.2) is 0 Å². The molecule has 0 aromatic heterocycles. The fraction of sp³-hybridized carbons (Fsp3) is 0.455. The average molecular weight is 278 g/mol. The number of alkyl halides is 3. The molecule has 0 heterocycles. The summed E-state index contributed by atoms with van der Waals surface area (Å²) in [6.45, 7) is -0.232. The number of nitro benzene ring substituents is 1. The van der Waals surface area contributed by atoms with Crippen molar-refractivity contribution in [2.24, 2.45) is 0 Å². The zero-order valence-corrected chi connectivity index (χ0v) is 10.4. The lowest BCUT2D eigenvalue weighted by Gasteiger charge is -2.20. The van der Waals surface area contributed by atoms with Crippen LogP contribution in [0.5, 0.6) is 5.75 Å². The summed E-state index contributed by atoms with van der Waals surface area (Å²) in [6.07, 6.45) is -5.19. The van der Waals surface area contributed by atoms with Gasteiger partial charge < -0.3 is 9.64 Å². The molecule has 0 N–H and O–H groups in total. The lowest BCUT2D eigenvalue weighted by atomic mass is 10.2. The van der Waals surface area contributed by atoms with Crippen LogP contribution in [0.25, 0.3) is 0 Å². The van der Waals surface area contributed by atoms with Crippen molar-refractivity contribution in [3.8, 4) is 5.75 Å². The molecule has 0 unspecified atom stereocenters. The summed E-state index contributed by atoms with van der Waals surface area (Å²) in [5.74, 6) is 0.0151. The summed E-state index contributed by atoms with van der Waals surface area (Å²) in [6, 6.07) is 3.93. The van der Waals surface area contributed by atoms with Crippen molar-refractivity contribution in [1.29, 1.82) is 0 Å². The molecule has 0 amide bonds. The van der Waals surface area contributed by atoms with Crippen LogP contribution < -0.4 is 9.64 Å². The topological polar surface area (TPSA) is 55.6 Å². The molecular weight excluding hydrogens is 265 g/mol. The van der Waals surface area contributed by atoms with Crippen LogP contribution >= 0.6 is 0 Å². The van der Waals surface area contributed by atoms with Gasteiger partial charge in [-0.2, -0.15) is 13.2 Å². The molecule has 106 valence electrons. The molecule has 0 saturated carbocycles. The Morgan fingerprint density at radius 1 is 1.42 bits per heavy atom. The summed E-state index contributed by atoms with van der Waals surface area (Å²) in [7, 11) is 2.74. The minimum Gasteiger partial charge on any atom is -0.490 e. The maximum atomic E-state index is 12.1. The smallest absolute Gasteiger partial charge is 0.390 e. The van der Waals surface area contributed by atoms with Crippen molar-refractivity contribution in [3.63, 3.8) is 0 Å². The second kappa shape index (κ2) is 5.77. The lowest BCUT2D eigenvalue weighted by molar-refractivity contribution is -0.385. The Kier molecular flexibility index (Phi) is 4.57. The van der Waals surface area contributed by atoms with E-state index in [-0.39, 0.29) is 18.0 Å². The molecule has 19 heavy (non-hydrogen) atoms. The predicted octanol–water partition coefficient (Wildman–Crippen LogP) is 2.99. The van der Waals surface area contributed by atoms with Crippen LogP contribution in [-0.4, -0.2) is 31.8 Å². The highest BCUT2D eigenvalue weighted by atomic mass is 19.4. The van der Waals surface area contributed by atoms with E-state index < -0.39 is 17.5 Å². The van der Waals surface area contributed by atoms with Gasteiger partial charge >= 0.3 is 11.9 Å². The van der Waals surface area contributed by atoms with Crippen molar-refractivity contribution in [1.82, 2.24) is 0 Å². The normalized spacial score (nSPS) is 11.2. The third kappa shape index (κ3) is 4.31. The van der Waals surface area contributed by atoms with Gasteiger partial charge in [-0.1, -0.05) is 0 Å². The van der Waals surface area contributed by atoms with Crippen molar-refractivity contribution in [2.45, 2.75) is 12.6 Å². The molecule has 5 nitrogen and oxygen atoms in total. The number of ether oxygens (including phenoxy) is 1. The molecule has 0 fully saturated rings. The van der Waals surface area contributed by atoms with Crippen LogP contribution in [0, 0.1) is 10.1 Å². The van der Waals surface area contributed by atoms with Gasteiger partial charge in [0.1, 0.15) is 0 Å². The molecule has 0 saturated heterocycles. The third-order valence-electron chi connectivity index (χ3n) is 2.53. The molecule has 0 bridgehead atoms. The Bertz CT molecular complexity index is 463.